The van der Waals surface area contributed by atoms with Gasteiger partial charge >= 0.3 is 11.9 Å². The van der Waals surface area contributed by atoms with Crippen molar-refractivity contribution in [3.8, 4) is 0 Å². The first-order chi connectivity index (χ1) is 8.50. The molecule has 1 aromatic carbocycles. The quantitative estimate of drug-likeness (QED) is 0.840. The fourth-order valence-corrected chi connectivity index (χ4v) is 2.36. The average molecular weight is 248 g/mol. The summed E-state index contributed by atoms with van der Waals surface area (Å²) < 4.78 is 0. The predicted molar refractivity (Wildman–Crippen MR) is 66.0 cm³/mol. The van der Waals surface area contributed by atoms with Gasteiger partial charge in [0.15, 0.2) is 0 Å². The average Bonchev–Trinajstić information content (AvgIpc) is 3.12. The van der Waals surface area contributed by atoms with Crippen molar-refractivity contribution in [3.63, 3.8) is 0 Å². The summed E-state index contributed by atoms with van der Waals surface area (Å²) in [5.74, 6) is -1.16. The van der Waals surface area contributed by atoms with Crippen LogP contribution in [-0.4, -0.2) is 22.2 Å². The SMILES string of the molecule is CC(Cc1c(C(=O)O)cccc1C(=O)O)C1CC1. The molecule has 2 N–H and O–H groups in total. The van der Waals surface area contributed by atoms with Gasteiger partial charge in [-0.2, -0.15) is 0 Å². The molecule has 18 heavy (non-hydrogen) atoms. The van der Waals surface area contributed by atoms with Gasteiger partial charge in [-0.1, -0.05) is 13.0 Å². The first-order valence-corrected chi connectivity index (χ1v) is 6.09. The van der Waals surface area contributed by atoms with Gasteiger partial charge in [0.1, 0.15) is 0 Å². The van der Waals surface area contributed by atoms with Crippen molar-refractivity contribution >= 4 is 11.9 Å². The number of carboxylic acids is 2. The van der Waals surface area contributed by atoms with Crippen LogP contribution in [0.1, 0.15) is 46.0 Å². The summed E-state index contributed by atoms with van der Waals surface area (Å²) in [6.45, 7) is 2.06. The highest BCUT2D eigenvalue weighted by atomic mass is 16.4. The monoisotopic (exact) mass is 248 g/mol. The Kier molecular flexibility index (Phi) is 3.36. The van der Waals surface area contributed by atoms with E-state index in [-0.39, 0.29) is 11.1 Å². The van der Waals surface area contributed by atoms with Crippen molar-refractivity contribution in [2.24, 2.45) is 11.8 Å². The van der Waals surface area contributed by atoms with Crippen LogP contribution < -0.4 is 0 Å². The highest BCUT2D eigenvalue weighted by molar-refractivity contribution is 5.96. The van der Waals surface area contributed by atoms with E-state index in [4.69, 9.17) is 10.2 Å². The molecule has 0 heterocycles. The Balaban J connectivity index is 2.38. The van der Waals surface area contributed by atoms with Gasteiger partial charge in [0, 0.05) is 0 Å². The Labute approximate surface area is 105 Å². The van der Waals surface area contributed by atoms with Gasteiger partial charge in [-0.3, -0.25) is 0 Å². The van der Waals surface area contributed by atoms with Crippen LogP contribution in [0.3, 0.4) is 0 Å². The molecule has 4 heteroatoms. The molecule has 1 unspecified atom stereocenters. The minimum Gasteiger partial charge on any atom is -0.478 e. The summed E-state index contributed by atoms with van der Waals surface area (Å²) in [6.07, 6.45) is 2.85. The molecule has 1 atom stereocenters. The number of rotatable bonds is 5. The summed E-state index contributed by atoms with van der Waals surface area (Å²) in [7, 11) is 0. The highest BCUT2D eigenvalue weighted by Gasteiger charge is 2.30. The molecule has 1 aliphatic rings. The number of aromatic carboxylic acids is 2. The number of hydrogen-bond donors (Lipinski definition) is 2. The zero-order valence-electron chi connectivity index (χ0n) is 10.2. The van der Waals surface area contributed by atoms with Crippen LogP contribution in [0.4, 0.5) is 0 Å². The van der Waals surface area contributed by atoms with Gasteiger partial charge in [0.25, 0.3) is 0 Å². The summed E-state index contributed by atoms with van der Waals surface area (Å²) in [4.78, 5) is 22.3. The Hall–Kier alpha value is -1.84. The number of carbonyl (C=O) groups is 2. The van der Waals surface area contributed by atoms with Crippen LogP contribution in [0.5, 0.6) is 0 Å². The molecule has 96 valence electrons. The molecule has 4 nitrogen and oxygen atoms in total. The molecular weight excluding hydrogens is 232 g/mol. The maximum atomic E-state index is 11.2. The van der Waals surface area contributed by atoms with Gasteiger partial charge in [-0.15, -0.1) is 0 Å². The van der Waals surface area contributed by atoms with Crippen molar-refractivity contribution in [3.05, 3.63) is 34.9 Å². The maximum Gasteiger partial charge on any atom is 0.335 e. The van der Waals surface area contributed by atoms with E-state index in [1.54, 1.807) is 0 Å². The van der Waals surface area contributed by atoms with Crippen LogP contribution >= 0.6 is 0 Å². The van der Waals surface area contributed by atoms with E-state index >= 15 is 0 Å². The fraction of sp³-hybridized carbons (Fsp3) is 0.429. The Morgan fingerprint density at radius 1 is 1.22 bits per heavy atom. The number of hydrogen-bond acceptors (Lipinski definition) is 2. The van der Waals surface area contributed by atoms with Crippen LogP contribution in [0.2, 0.25) is 0 Å². The van der Waals surface area contributed by atoms with E-state index in [1.807, 2.05) is 0 Å². The fourth-order valence-electron chi connectivity index (χ4n) is 2.36. The normalized spacial score (nSPS) is 16.3. The van der Waals surface area contributed by atoms with Crippen LogP contribution in [0, 0.1) is 11.8 Å². The molecule has 0 amide bonds. The summed E-state index contributed by atoms with van der Waals surface area (Å²) >= 11 is 0. The van der Waals surface area contributed by atoms with Gasteiger partial charge in [0.2, 0.25) is 0 Å². The largest absolute Gasteiger partial charge is 0.478 e. The molecule has 1 fully saturated rings. The van der Waals surface area contributed by atoms with Crippen LogP contribution in [0.25, 0.3) is 0 Å². The first-order valence-electron chi connectivity index (χ1n) is 6.09. The summed E-state index contributed by atoms with van der Waals surface area (Å²) in [6, 6.07) is 4.44. The molecular formula is C14H16O4. The second kappa shape index (κ2) is 4.80. The van der Waals surface area contributed by atoms with E-state index in [0.29, 0.717) is 23.8 Å². The van der Waals surface area contributed by atoms with Crippen molar-refractivity contribution < 1.29 is 19.8 Å². The third-order valence-corrected chi connectivity index (χ3v) is 3.59. The summed E-state index contributed by atoms with van der Waals surface area (Å²) in [5.41, 5.74) is 0.682. The molecule has 0 aliphatic heterocycles. The van der Waals surface area contributed by atoms with Crippen LogP contribution in [0.15, 0.2) is 18.2 Å². The van der Waals surface area contributed by atoms with Crippen molar-refractivity contribution in [1.82, 2.24) is 0 Å². The van der Waals surface area contributed by atoms with Crippen molar-refractivity contribution in [2.75, 3.05) is 0 Å². The Morgan fingerprint density at radius 2 is 1.72 bits per heavy atom. The second-order valence-electron chi connectivity index (χ2n) is 4.96. The summed E-state index contributed by atoms with van der Waals surface area (Å²) in [5, 5.41) is 18.3. The topological polar surface area (TPSA) is 74.6 Å². The Bertz CT molecular complexity index is 456. The molecule has 1 aliphatic carbocycles. The second-order valence-corrected chi connectivity index (χ2v) is 4.96. The zero-order chi connectivity index (χ0) is 13.3. The molecule has 1 aromatic rings. The smallest absolute Gasteiger partial charge is 0.335 e. The molecule has 0 spiro atoms. The van der Waals surface area contributed by atoms with E-state index in [0.717, 1.165) is 0 Å². The molecule has 0 radical (unpaired) electrons. The minimum absolute atomic E-state index is 0.113. The lowest BCUT2D eigenvalue weighted by atomic mass is 9.90. The van der Waals surface area contributed by atoms with Gasteiger partial charge in [-0.25, -0.2) is 9.59 Å². The minimum atomic E-state index is -1.06. The predicted octanol–water partition coefficient (Wildman–Crippen LogP) is 2.67. The lowest BCUT2D eigenvalue weighted by molar-refractivity contribution is 0.0695. The van der Waals surface area contributed by atoms with Gasteiger partial charge in [0.05, 0.1) is 11.1 Å². The van der Waals surface area contributed by atoms with Crippen LogP contribution in [-0.2, 0) is 6.42 Å². The third kappa shape index (κ3) is 2.53. The standard InChI is InChI=1S/C14H16O4/c1-8(9-5-6-9)7-12-10(13(15)16)3-2-4-11(12)14(17)18/h2-4,8-9H,5-7H2,1H3,(H,15,16)(H,17,18). The molecule has 0 saturated heterocycles. The van der Waals surface area contributed by atoms with E-state index < -0.39 is 11.9 Å². The lowest BCUT2D eigenvalue weighted by Crippen LogP contribution is -2.13. The van der Waals surface area contributed by atoms with Crippen molar-refractivity contribution in [2.45, 2.75) is 26.2 Å². The third-order valence-electron chi connectivity index (χ3n) is 3.59. The lowest BCUT2D eigenvalue weighted by Gasteiger charge is -2.14. The highest BCUT2D eigenvalue weighted by Crippen LogP contribution is 2.38. The number of carboxylic acid groups (broad SMARTS) is 2. The van der Waals surface area contributed by atoms with E-state index in [1.165, 1.54) is 31.0 Å². The van der Waals surface area contributed by atoms with Gasteiger partial charge in [-0.05, 0) is 48.8 Å². The molecule has 0 aromatic heterocycles. The maximum absolute atomic E-state index is 11.2. The number of benzene rings is 1. The van der Waals surface area contributed by atoms with Crippen molar-refractivity contribution in [1.29, 1.82) is 0 Å². The Morgan fingerprint density at radius 3 is 2.11 bits per heavy atom. The zero-order valence-corrected chi connectivity index (χ0v) is 10.2. The first kappa shape index (κ1) is 12.6. The molecule has 0 bridgehead atoms. The van der Waals surface area contributed by atoms with Gasteiger partial charge < -0.3 is 10.2 Å². The molecule has 1 saturated carbocycles. The van der Waals surface area contributed by atoms with E-state index in [2.05, 4.69) is 6.92 Å². The van der Waals surface area contributed by atoms with E-state index in [9.17, 15) is 9.59 Å². The molecule has 2 rings (SSSR count).